The average Bonchev–Trinajstić information content (AvgIpc) is 1.88. The number of hydrogen-bond donors (Lipinski definition) is 0. The number of halogens is 3. The van der Waals surface area contributed by atoms with Crippen LogP contribution in [0.25, 0.3) is 0 Å². The van der Waals surface area contributed by atoms with E-state index in [9.17, 15) is 13.2 Å². The van der Waals surface area contributed by atoms with Crippen LogP contribution in [0.1, 0.15) is 6.42 Å². The first kappa shape index (κ1) is 7.60. The Balaban J connectivity index is 2.62. The molecule has 58 valence electrons. The number of rotatable bonds is 0. The van der Waals surface area contributed by atoms with Gasteiger partial charge in [-0.15, -0.1) is 0 Å². The van der Waals surface area contributed by atoms with Crippen LogP contribution in [0, 0.1) is 0 Å². The zero-order valence-corrected chi connectivity index (χ0v) is 5.24. The van der Waals surface area contributed by atoms with Crippen molar-refractivity contribution in [2.75, 3.05) is 13.2 Å². The van der Waals surface area contributed by atoms with Crippen molar-refractivity contribution >= 4 is 0 Å². The summed E-state index contributed by atoms with van der Waals surface area (Å²) in [5, 5.41) is 0. The van der Waals surface area contributed by atoms with Gasteiger partial charge in [0.2, 0.25) is 0 Å². The summed E-state index contributed by atoms with van der Waals surface area (Å²) in [6.45, 7) is 0.114. The van der Waals surface area contributed by atoms with Gasteiger partial charge in [0.05, 0.1) is 18.8 Å². The van der Waals surface area contributed by atoms with Gasteiger partial charge in [-0.1, -0.05) is 6.08 Å². The van der Waals surface area contributed by atoms with Crippen molar-refractivity contribution in [3.05, 3.63) is 11.6 Å². The minimum atomic E-state index is -4.19. The molecule has 0 amide bonds. The number of alkyl halides is 3. The van der Waals surface area contributed by atoms with Gasteiger partial charge in [0, 0.05) is 0 Å². The van der Waals surface area contributed by atoms with Crippen LogP contribution in [0.2, 0.25) is 0 Å². The van der Waals surface area contributed by atoms with Crippen LogP contribution in [0.5, 0.6) is 0 Å². The van der Waals surface area contributed by atoms with Gasteiger partial charge in [-0.3, -0.25) is 0 Å². The summed E-state index contributed by atoms with van der Waals surface area (Å²) >= 11 is 0. The molecule has 10 heavy (non-hydrogen) atoms. The molecular formula is C6H7F3O. The SMILES string of the molecule is FC(F)(F)C1=CCCOC1. The topological polar surface area (TPSA) is 9.23 Å². The van der Waals surface area contributed by atoms with Crippen LogP contribution in [-0.2, 0) is 4.74 Å². The van der Waals surface area contributed by atoms with Gasteiger partial charge in [-0.2, -0.15) is 13.2 Å². The summed E-state index contributed by atoms with van der Waals surface area (Å²) in [6, 6.07) is 0. The predicted molar refractivity (Wildman–Crippen MR) is 29.6 cm³/mol. The van der Waals surface area contributed by atoms with Gasteiger partial charge < -0.3 is 4.74 Å². The van der Waals surface area contributed by atoms with E-state index in [1.54, 1.807) is 0 Å². The average molecular weight is 152 g/mol. The van der Waals surface area contributed by atoms with E-state index >= 15 is 0 Å². The molecular weight excluding hydrogens is 145 g/mol. The smallest absolute Gasteiger partial charge is 0.376 e. The summed E-state index contributed by atoms with van der Waals surface area (Å²) in [6.07, 6.45) is -2.64. The second-order valence-electron chi connectivity index (χ2n) is 2.07. The van der Waals surface area contributed by atoms with Gasteiger partial charge >= 0.3 is 6.18 Å². The molecule has 0 unspecified atom stereocenters. The van der Waals surface area contributed by atoms with E-state index in [0.717, 1.165) is 0 Å². The Bertz CT molecular complexity index is 148. The van der Waals surface area contributed by atoms with Crippen LogP contribution >= 0.6 is 0 Å². The molecule has 0 fully saturated rings. The molecule has 0 aromatic heterocycles. The fourth-order valence-corrected chi connectivity index (χ4v) is 0.755. The minimum absolute atomic E-state index is 0.288. The molecule has 0 aliphatic carbocycles. The van der Waals surface area contributed by atoms with Gasteiger partial charge in [0.25, 0.3) is 0 Å². The second kappa shape index (κ2) is 2.62. The Labute approximate surface area is 56.5 Å². The van der Waals surface area contributed by atoms with Crippen LogP contribution in [-0.4, -0.2) is 19.4 Å². The lowest BCUT2D eigenvalue weighted by Crippen LogP contribution is -2.20. The van der Waals surface area contributed by atoms with E-state index in [2.05, 4.69) is 4.74 Å². The van der Waals surface area contributed by atoms with Crippen molar-refractivity contribution in [3.8, 4) is 0 Å². The Morgan fingerprint density at radius 2 is 2.10 bits per heavy atom. The van der Waals surface area contributed by atoms with E-state index in [0.29, 0.717) is 13.0 Å². The maximum absolute atomic E-state index is 11.8. The summed E-state index contributed by atoms with van der Waals surface area (Å²) in [7, 11) is 0. The molecule has 0 atom stereocenters. The first-order valence-electron chi connectivity index (χ1n) is 2.94. The monoisotopic (exact) mass is 152 g/mol. The van der Waals surface area contributed by atoms with Gasteiger partial charge in [-0.05, 0) is 6.42 Å². The van der Waals surface area contributed by atoms with Crippen LogP contribution in [0.15, 0.2) is 11.6 Å². The molecule has 1 aliphatic rings. The van der Waals surface area contributed by atoms with Crippen molar-refractivity contribution < 1.29 is 17.9 Å². The summed E-state index contributed by atoms with van der Waals surface area (Å²) in [5.74, 6) is 0. The van der Waals surface area contributed by atoms with Crippen LogP contribution in [0.4, 0.5) is 13.2 Å². The molecule has 0 aromatic carbocycles. The molecule has 0 saturated heterocycles. The molecule has 1 heterocycles. The van der Waals surface area contributed by atoms with Gasteiger partial charge in [0.15, 0.2) is 0 Å². The third-order valence-electron chi connectivity index (χ3n) is 1.27. The van der Waals surface area contributed by atoms with Crippen molar-refractivity contribution in [2.24, 2.45) is 0 Å². The maximum Gasteiger partial charge on any atom is 0.414 e. The summed E-state index contributed by atoms with van der Waals surface area (Å²) < 4.78 is 40.0. The lowest BCUT2D eigenvalue weighted by molar-refractivity contribution is -0.103. The predicted octanol–water partition coefficient (Wildman–Crippen LogP) is 1.90. The van der Waals surface area contributed by atoms with E-state index < -0.39 is 11.7 Å². The third-order valence-corrected chi connectivity index (χ3v) is 1.27. The van der Waals surface area contributed by atoms with Gasteiger partial charge in [0.1, 0.15) is 0 Å². The van der Waals surface area contributed by atoms with Gasteiger partial charge in [-0.25, -0.2) is 0 Å². The maximum atomic E-state index is 11.8. The van der Waals surface area contributed by atoms with Crippen LogP contribution < -0.4 is 0 Å². The van der Waals surface area contributed by atoms with Crippen LogP contribution in [0.3, 0.4) is 0 Å². The van der Waals surface area contributed by atoms with E-state index in [1.807, 2.05) is 0 Å². The Hall–Kier alpha value is -0.510. The molecule has 0 bridgehead atoms. The molecule has 0 N–H and O–H groups in total. The fourth-order valence-electron chi connectivity index (χ4n) is 0.755. The Morgan fingerprint density at radius 1 is 1.40 bits per heavy atom. The molecule has 0 radical (unpaired) electrons. The quantitative estimate of drug-likeness (QED) is 0.481. The number of ether oxygens (including phenoxy) is 1. The van der Waals surface area contributed by atoms with E-state index in [1.165, 1.54) is 6.08 Å². The molecule has 0 spiro atoms. The first-order chi connectivity index (χ1) is 4.61. The standard InChI is InChI=1S/C6H7F3O/c7-6(8,9)5-2-1-3-10-4-5/h2H,1,3-4H2. The second-order valence-corrected chi connectivity index (χ2v) is 2.07. The summed E-state index contributed by atoms with van der Waals surface area (Å²) in [4.78, 5) is 0. The molecule has 0 aromatic rings. The third kappa shape index (κ3) is 1.73. The molecule has 1 aliphatic heterocycles. The van der Waals surface area contributed by atoms with Crippen molar-refractivity contribution in [3.63, 3.8) is 0 Å². The largest absolute Gasteiger partial charge is 0.414 e. The highest BCUT2D eigenvalue weighted by atomic mass is 19.4. The van der Waals surface area contributed by atoms with Crippen molar-refractivity contribution in [2.45, 2.75) is 12.6 Å². The first-order valence-corrected chi connectivity index (χ1v) is 2.94. The Kier molecular flexibility index (Phi) is 1.99. The summed E-state index contributed by atoms with van der Waals surface area (Å²) in [5.41, 5.74) is -0.557. The highest BCUT2D eigenvalue weighted by Gasteiger charge is 2.33. The highest BCUT2D eigenvalue weighted by molar-refractivity contribution is 5.10. The zero-order valence-electron chi connectivity index (χ0n) is 5.24. The minimum Gasteiger partial charge on any atom is -0.376 e. The normalized spacial score (nSPS) is 20.5. The molecule has 1 rings (SSSR count). The fraction of sp³-hybridized carbons (Fsp3) is 0.667. The molecule has 1 nitrogen and oxygen atoms in total. The highest BCUT2D eigenvalue weighted by Crippen LogP contribution is 2.27. The Morgan fingerprint density at radius 3 is 2.40 bits per heavy atom. The lowest BCUT2D eigenvalue weighted by atomic mass is 10.2. The number of hydrogen-bond acceptors (Lipinski definition) is 1. The van der Waals surface area contributed by atoms with E-state index in [4.69, 9.17) is 0 Å². The van der Waals surface area contributed by atoms with Crippen molar-refractivity contribution in [1.82, 2.24) is 0 Å². The zero-order chi connectivity index (χ0) is 7.61. The van der Waals surface area contributed by atoms with E-state index in [-0.39, 0.29) is 6.61 Å². The van der Waals surface area contributed by atoms with Crippen molar-refractivity contribution in [1.29, 1.82) is 0 Å². The molecule has 4 heteroatoms. The molecule has 0 saturated carbocycles. The lowest BCUT2D eigenvalue weighted by Gasteiger charge is -2.15.